The molecule has 0 radical (unpaired) electrons. The maximum atomic E-state index is 12.6. The van der Waals surface area contributed by atoms with Crippen molar-refractivity contribution in [1.29, 1.82) is 0 Å². The molecule has 4 heterocycles. The number of nitrogens with zero attached hydrogens (tertiary/aromatic N) is 4. The van der Waals surface area contributed by atoms with E-state index in [-0.39, 0.29) is 35.2 Å². The van der Waals surface area contributed by atoms with E-state index >= 15 is 0 Å². The number of halogens is 1. The molecule has 1 aliphatic rings. The zero-order chi connectivity index (χ0) is 23.3. The first kappa shape index (κ1) is 22.0. The van der Waals surface area contributed by atoms with Crippen LogP contribution in [0.2, 0.25) is 5.28 Å². The second kappa shape index (κ2) is 8.20. The van der Waals surface area contributed by atoms with Gasteiger partial charge < -0.3 is 19.9 Å². The first-order valence-electron chi connectivity index (χ1n) is 10.2. The summed E-state index contributed by atoms with van der Waals surface area (Å²) in [5, 5.41) is 7.24. The van der Waals surface area contributed by atoms with E-state index in [0.717, 1.165) is 15.8 Å². The molecule has 1 aliphatic heterocycles. The number of anilines is 1. The van der Waals surface area contributed by atoms with E-state index in [1.54, 1.807) is 13.3 Å². The lowest BCUT2D eigenvalue weighted by Crippen LogP contribution is -2.34. The minimum atomic E-state index is -2.40. The molecule has 3 aromatic heterocycles. The van der Waals surface area contributed by atoms with Gasteiger partial charge in [-0.25, -0.2) is 15.0 Å². The van der Waals surface area contributed by atoms with E-state index in [0.29, 0.717) is 28.0 Å². The van der Waals surface area contributed by atoms with Crippen molar-refractivity contribution < 1.29 is 14.1 Å². The highest BCUT2D eigenvalue weighted by atomic mass is 35.5. The summed E-state index contributed by atoms with van der Waals surface area (Å²) < 4.78 is 19.2. The smallest absolute Gasteiger partial charge is 0.263 e. The number of amides is 1. The van der Waals surface area contributed by atoms with E-state index in [2.05, 4.69) is 30.6 Å². The Bertz CT molecular complexity index is 1470. The summed E-state index contributed by atoms with van der Waals surface area (Å²) in [6.45, 7) is 5.94. The number of carbonyl (C=O) groups is 1. The molecule has 0 saturated carbocycles. The topological polar surface area (TPSA) is 119 Å². The number of benzene rings is 1. The highest BCUT2D eigenvalue weighted by Crippen LogP contribution is 2.43. The summed E-state index contributed by atoms with van der Waals surface area (Å²) in [5.41, 5.74) is 2.63. The van der Waals surface area contributed by atoms with Crippen molar-refractivity contribution in [2.24, 2.45) is 0 Å². The molecule has 0 unspecified atom stereocenters. The van der Waals surface area contributed by atoms with Crippen LogP contribution in [0.25, 0.3) is 21.1 Å². The Morgan fingerprint density at radius 2 is 2.06 bits per heavy atom. The van der Waals surface area contributed by atoms with Gasteiger partial charge in [-0.05, 0) is 44.0 Å². The van der Waals surface area contributed by atoms with Crippen molar-refractivity contribution in [3.8, 4) is 11.8 Å². The van der Waals surface area contributed by atoms with Gasteiger partial charge in [-0.15, -0.1) is 11.3 Å². The maximum Gasteiger partial charge on any atom is 0.263 e. The molecular formula is C21H20ClN6O3PS. The zero-order valence-corrected chi connectivity index (χ0v) is 20.5. The van der Waals surface area contributed by atoms with Crippen LogP contribution in [0.5, 0.6) is 11.8 Å². The molecular weight excluding hydrogens is 483 g/mol. The molecule has 170 valence electrons. The minimum Gasteiger partial charge on any atom is -0.419 e. The predicted octanol–water partition coefficient (Wildman–Crippen LogP) is 4.75. The van der Waals surface area contributed by atoms with Crippen LogP contribution in [-0.4, -0.2) is 51.8 Å². The van der Waals surface area contributed by atoms with E-state index in [1.807, 2.05) is 19.1 Å². The van der Waals surface area contributed by atoms with Gasteiger partial charge in [0.2, 0.25) is 17.0 Å². The van der Waals surface area contributed by atoms with E-state index in [9.17, 15) is 9.36 Å². The lowest BCUT2D eigenvalue weighted by molar-refractivity contribution is 0.0949. The molecule has 0 spiro atoms. The number of nitrogens with one attached hydrogen (secondary N) is 2. The highest BCUT2D eigenvalue weighted by molar-refractivity contribution is 7.61. The van der Waals surface area contributed by atoms with Gasteiger partial charge in [0.25, 0.3) is 5.91 Å². The van der Waals surface area contributed by atoms with Crippen molar-refractivity contribution in [2.75, 3.05) is 25.2 Å². The van der Waals surface area contributed by atoms with Crippen LogP contribution in [0, 0.1) is 0 Å². The second-order valence-electron chi connectivity index (χ2n) is 8.38. The predicted molar refractivity (Wildman–Crippen MR) is 131 cm³/mol. The van der Waals surface area contributed by atoms with Gasteiger partial charge >= 0.3 is 0 Å². The number of ether oxygens (including phenoxy) is 1. The number of carbonyl (C=O) groups excluding carboxylic acids is 1. The molecule has 5 rings (SSSR count). The Hall–Kier alpha value is -2.81. The molecule has 1 atom stereocenters. The Labute approximate surface area is 198 Å². The number of fused-ring (bicyclic) bond motifs is 5. The molecule has 33 heavy (non-hydrogen) atoms. The Balaban J connectivity index is 1.57. The third-order valence-corrected chi connectivity index (χ3v) is 7.50. The molecule has 12 heteroatoms. The molecule has 9 nitrogen and oxygen atoms in total. The van der Waals surface area contributed by atoms with Crippen LogP contribution in [0.1, 0.15) is 22.2 Å². The summed E-state index contributed by atoms with van der Waals surface area (Å²) in [6, 6.07) is 3.78. The second-order valence-corrected chi connectivity index (χ2v) is 13.2. The van der Waals surface area contributed by atoms with Crippen molar-refractivity contribution >= 4 is 62.8 Å². The quantitative estimate of drug-likeness (QED) is 0.303. The summed E-state index contributed by atoms with van der Waals surface area (Å²) in [7, 11) is -2.40. The van der Waals surface area contributed by atoms with Gasteiger partial charge in [0, 0.05) is 40.6 Å². The fourth-order valence-electron chi connectivity index (χ4n) is 3.70. The lowest BCUT2D eigenvalue weighted by atomic mass is 10.1. The number of hydrogen-bond acceptors (Lipinski definition) is 9. The van der Waals surface area contributed by atoms with Gasteiger partial charge in [-0.1, -0.05) is 0 Å². The summed E-state index contributed by atoms with van der Waals surface area (Å²) >= 11 is 7.38. The molecule has 1 amide bonds. The van der Waals surface area contributed by atoms with Gasteiger partial charge in [0.15, 0.2) is 0 Å². The average Bonchev–Trinajstić information content (AvgIpc) is 3.06. The fraction of sp³-hybridized carbons (Fsp3) is 0.286. The van der Waals surface area contributed by atoms with Crippen LogP contribution in [0.4, 0.5) is 5.69 Å². The third kappa shape index (κ3) is 4.38. The van der Waals surface area contributed by atoms with Crippen LogP contribution in [0.15, 0.2) is 24.5 Å². The first-order chi connectivity index (χ1) is 15.7. The maximum absolute atomic E-state index is 12.6. The normalized spacial score (nSPS) is 16.2. The third-order valence-electron chi connectivity index (χ3n) is 5.06. The molecule has 0 bridgehead atoms. The average molecular weight is 503 g/mol. The molecule has 0 fully saturated rings. The lowest BCUT2D eigenvalue weighted by Gasteiger charge is -2.12. The summed E-state index contributed by atoms with van der Waals surface area (Å²) in [6.07, 6.45) is 3.29. The molecule has 1 aromatic carbocycles. The zero-order valence-electron chi connectivity index (χ0n) is 18.0. The number of thiophene rings is 1. The van der Waals surface area contributed by atoms with Gasteiger partial charge in [0.05, 0.1) is 30.1 Å². The fourth-order valence-corrected chi connectivity index (χ4v) is 5.95. The van der Waals surface area contributed by atoms with Crippen molar-refractivity contribution in [2.45, 2.75) is 19.1 Å². The number of rotatable bonds is 4. The van der Waals surface area contributed by atoms with Gasteiger partial charge in [-0.2, -0.15) is 4.98 Å². The largest absolute Gasteiger partial charge is 0.419 e. The van der Waals surface area contributed by atoms with Crippen molar-refractivity contribution in [3.05, 3.63) is 40.3 Å². The van der Waals surface area contributed by atoms with Crippen molar-refractivity contribution in [1.82, 2.24) is 25.3 Å². The van der Waals surface area contributed by atoms with Crippen LogP contribution < -0.4 is 15.4 Å². The number of hydrogen-bond donors (Lipinski definition) is 2. The van der Waals surface area contributed by atoms with E-state index in [4.69, 9.17) is 16.3 Å². The Kier molecular flexibility index (Phi) is 5.47. The van der Waals surface area contributed by atoms with E-state index in [1.165, 1.54) is 23.7 Å². The van der Waals surface area contributed by atoms with Gasteiger partial charge in [-0.3, -0.25) is 4.79 Å². The Morgan fingerprint density at radius 3 is 2.85 bits per heavy atom. The summed E-state index contributed by atoms with van der Waals surface area (Å²) in [5.74, 6) is 0.327. The van der Waals surface area contributed by atoms with E-state index < -0.39 is 7.14 Å². The molecule has 0 aliphatic carbocycles. The Morgan fingerprint density at radius 1 is 1.24 bits per heavy atom. The minimum absolute atomic E-state index is 0.0173. The van der Waals surface area contributed by atoms with Crippen LogP contribution in [0.3, 0.4) is 0 Å². The highest BCUT2D eigenvalue weighted by Gasteiger charge is 2.25. The van der Waals surface area contributed by atoms with Gasteiger partial charge in [0.1, 0.15) is 4.88 Å². The standard InChI is InChI=1S/C21H20ClN6O3PS/c1-10-6-23-17-15-13(33-18(17)19(29)26-10)5-4-12-16(15)24-8-14(27-12)31-20-11(9-32(2,3)30)7-25-21(22)28-20/h4-5,7-8,10,23H,6,9H2,1-3H3,(H,26,29)/t10-/m1/s1. The molecule has 4 aromatic rings. The first-order valence-corrected chi connectivity index (χ1v) is 14.2. The molecule has 2 N–H and O–H groups in total. The van der Waals surface area contributed by atoms with Crippen LogP contribution in [-0.2, 0) is 10.7 Å². The SMILES string of the molecule is C[C@@H]1CNc2c(sc3ccc4nc(Oc5nc(Cl)ncc5CP(C)(C)=O)cnc4c23)C(=O)N1. The summed E-state index contributed by atoms with van der Waals surface area (Å²) in [4.78, 5) is 30.6. The molecule has 0 saturated heterocycles. The monoisotopic (exact) mass is 502 g/mol. The number of aromatic nitrogens is 4. The van der Waals surface area contributed by atoms with Crippen LogP contribution >= 0.6 is 30.1 Å². The van der Waals surface area contributed by atoms with Crippen molar-refractivity contribution in [3.63, 3.8) is 0 Å².